The summed E-state index contributed by atoms with van der Waals surface area (Å²) in [5.74, 6) is 1.71. The van der Waals surface area contributed by atoms with E-state index >= 15 is 0 Å². The van der Waals surface area contributed by atoms with Crippen molar-refractivity contribution < 1.29 is 9.53 Å². The molecule has 1 aromatic rings. The molecule has 24 heavy (non-hydrogen) atoms. The van der Waals surface area contributed by atoms with Gasteiger partial charge in [0.15, 0.2) is 0 Å². The smallest absolute Gasteiger partial charge is 0.227 e. The summed E-state index contributed by atoms with van der Waals surface area (Å²) < 4.78 is 5.22. The van der Waals surface area contributed by atoms with Gasteiger partial charge >= 0.3 is 0 Å². The van der Waals surface area contributed by atoms with E-state index < -0.39 is 0 Å². The molecule has 0 aromatic heterocycles. The van der Waals surface area contributed by atoms with Crippen LogP contribution in [0.4, 0.5) is 5.69 Å². The van der Waals surface area contributed by atoms with Gasteiger partial charge in [-0.1, -0.05) is 12.8 Å². The number of hydrogen-bond donors (Lipinski definition) is 1. The number of rotatable bonds is 10. The molecule has 0 heterocycles. The van der Waals surface area contributed by atoms with Gasteiger partial charge in [-0.3, -0.25) is 4.79 Å². The highest BCUT2D eigenvalue weighted by molar-refractivity contribution is 5.94. The second-order valence-corrected chi connectivity index (χ2v) is 6.49. The lowest BCUT2D eigenvalue weighted by atomic mass is 10.1. The SMILES string of the molecule is COc1ccc(N(C(=O)CCCCCCN)C(C)C2CC2)cc1.Cl. The van der Waals surface area contributed by atoms with E-state index in [0.29, 0.717) is 12.3 Å². The highest BCUT2D eigenvalue weighted by Gasteiger charge is 2.34. The number of carbonyl (C=O) groups is 1. The van der Waals surface area contributed by atoms with Crippen LogP contribution in [0.15, 0.2) is 24.3 Å². The Labute approximate surface area is 152 Å². The quantitative estimate of drug-likeness (QED) is 0.642. The molecule has 1 aromatic carbocycles. The van der Waals surface area contributed by atoms with Gasteiger partial charge in [0.1, 0.15) is 5.75 Å². The van der Waals surface area contributed by atoms with Crippen molar-refractivity contribution in [2.75, 3.05) is 18.6 Å². The Morgan fingerprint density at radius 3 is 2.38 bits per heavy atom. The Hall–Kier alpha value is -1.26. The Bertz CT molecular complexity index is 489. The normalized spacial score (nSPS) is 14.6. The second kappa shape index (κ2) is 10.6. The Morgan fingerprint density at radius 1 is 1.21 bits per heavy atom. The third-order valence-electron chi connectivity index (χ3n) is 4.68. The van der Waals surface area contributed by atoms with Crippen LogP contribution in [-0.4, -0.2) is 25.6 Å². The number of anilines is 1. The molecule has 0 saturated heterocycles. The monoisotopic (exact) mass is 354 g/mol. The van der Waals surface area contributed by atoms with Gasteiger partial charge in [0.05, 0.1) is 7.11 Å². The van der Waals surface area contributed by atoms with Crippen LogP contribution >= 0.6 is 12.4 Å². The molecule has 1 amide bonds. The maximum absolute atomic E-state index is 12.8. The van der Waals surface area contributed by atoms with Crippen LogP contribution in [0.2, 0.25) is 0 Å². The molecule has 136 valence electrons. The number of nitrogens with zero attached hydrogens (tertiary/aromatic N) is 1. The number of unbranched alkanes of at least 4 members (excludes halogenated alkanes) is 3. The zero-order valence-corrected chi connectivity index (χ0v) is 15.7. The predicted molar refractivity (Wildman–Crippen MR) is 102 cm³/mol. The zero-order chi connectivity index (χ0) is 16.7. The average molecular weight is 355 g/mol. The van der Waals surface area contributed by atoms with Crippen LogP contribution in [0.25, 0.3) is 0 Å². The fraction of sp³-hybridized carbons (Fsp3) is 0.632. The summed E-state index contributed by atoms with van der Waals surface area (Å²) in [7, 11) is 1.66. The predicted octanol–water partition coefficient (Wildman–Crippen LogP) is 4.16. The van der Waals surface area contributed by atoms with E-state index in [1.54, 1.807) is 7.11 Å². The highest BCUT2D eigenvalue weighted by atomic mass is 35.5. The van der Waals surface area contributed by atoms with Crippen LogP contribution in [0, 0.1) is 5.92 Å². The van der Waals surface area contributed by atoms with E-state index in [2.05, 4.69) is 6.92 Å². The standard InChI is InChI=1S/C19H30N2O2.ClH/c1-15(16-8-9-16)21(17-10-12-18(23-2)13-11-17)19(22)7-5-3-4-6-14-20;/h10-13,15-16H,3-9,14,20H2,1-2H3;1H. The number of ether oxygens (including phenoxy) is 1. The van der Waals surface area contributed by atoms with Gasteiger partial charge < -0.3 is 15.4 Å². The fourth-order valence-corrected chi connectivity index (χ4v) is 3.03. The van der Waals surface area contributed by atoms with Crippen LogP contribution in [0.3, 0.4) is 0 Å². The summed E-state index contributed by atoms with van der Waals surface area (Å²) in [5.41, 5.74) is 6.50. The Kier molecular flexibility index (Phi) is 9.16. The molecule has 0 aliphatic heterocycles. The van der Waals surface area contributed by atoms with Gasteiger partial charge in [-0.15, -0.1) is 12.4 Å². The van der Waals surface area contributed by atoms with E-state index in [1.807, 2.05) is 29.2 Å². The lowest BCUT2D eigenvalue weighted by Gasteiger charge is -2.30. The Balaban J connectivity index is 0.00000288. The summed E-state index contributed by atoms with van der Waals surface area (Å²) in [5, 5.41) is 0. The molecule has 0 spiro atoms. The molecule has 1 unspecified atom stereocenters. The molecule has 1 fully saturated rings. The molecule has 4 nitrogen and oxygen atoms in total. The van der Waals surface area contributed by atoms with E-state index in [0.717, 1.165) is 43.7 Å². The van der Waals surface area contributed by atoms with Gasteiger partial charge in [-0.2, -0.15) is 0 Å². The molecule has 1 saturated carbocycles. The fourth-order valence-electron chi connectivity index (χ4n) is 3.03. The summed E-state index contributed by atoms with van der Waals surface area (Å²) >= 11 is 0. The molecule has 0 bridgehead atoms. The topological polar surface area (TPSA) is 55.6 Å². The number of methoxy groups -OCH3 is 1. The minimum Gasteiger partial charge on any atom is -0.497 e. The van der Waals surface area contributed by atoms with Crippen LogP contribution in [-0.2, 0) is 4.79 Å². The number of halogens is 1. The molecular formula is C19H31ClN2O2. The van der Waals surface area contributed by atoms with Crippen LogP contribution in [0.5, 0.6) is 5.75 Å². The van der Waals surface area contributed by atoms with Gasteiger partial charge in [0.2, 0.25) is 5.91 Å². The molecule has 2 N–H and O–H groups in total. The van der Waals surface area contributed by atoms with Gasteiger partial charge in [0, 0.05) is 18.2 Å². The number of carbonyl (C=O) groups excluding carboxylic acids is 1. The average Bonchev–Trinajstić information content (AvgIpc) is 3.40. The van der Waals surface area contributed by atoms with Gasteiger partial charge in [0.25, 0.3) is 0 Å². The number of amides is 1. The molecular weight excluding hydrogens is 324 g/mol. The van der Waals surface area contributed by atoms with Crippen molar-refractivity contribution in [1.29, 1.82) is 0 Å². The third-order valence-corrected chi connectivity index (χ3v) is 4.68. The Morgan fingerprint density at radius 2 is 1.83 bits per heavy atom. The van der Waals surface area contributed by atoms with Crippen molar-refractivity contribution in [3.63, 3.8) is 0 Å². The maximum atomic E-state index is 12.8. The summed E-state index contributed by atoms with van der Waals surface area (Å²) in [6, 6.07) is 8.11. The third kappa shape index (κ3) is 5.99. The maximum Gasteiger partial charge on any atom is 0.227 e. The van der Waals surface area contributed by atoms with E-state index in [9.17, 15) is 4.79 Å². The van der Waals surface area contributed by atoms with Crippen LogP contribution in [0.1, 0.15) is 51.9 Å². The first-order chi connectivity index (χ1) is 11.2. The lowest BCUT2D eigenvalue weighted by Crippen LogP contribution is -2.40. The van der Waals surface area contributed by atoms with Gasteiger partial charge in [-0.05, 0) is 69.3 Å². The van der Waals surface area contributed by atoms with Crippen molar-refractivity contribution >= 4 is 24.0 Å². The zero-order valence-electron chi connectivity index (χ0n) is 14.9. The first-order valence-corrected chi connectivity index (χ1v) is 8.83. The number of nitrogens with two attached hydrogens (primary N) is 1. The largest absolute Gasteiger partial charge is 0.497 e. The van der Waals surface area contributed by atoms with E-state index in [4.69, 9.17) is 10.5 Å². The summed E-state index contributed by atoms with van der Waals surface area (Å²) in [6.07, 6.45) is 7.28. The minimum atomic E-state index is 0. The van der Waals surface area contributed by atoms with Crippen LogP contribution < -0.4 is 15.4 Å². The molecule has 1 aliphatic rings. The second-order valence-electron chi connectivity index (χ2n) is 6.49. The lowest BCUT2D eigenvalue weighted by molar-refractivity contribution is -0.119. The summed E-state index contributed by atoms with van der Waals surface area (Å²) in [4.78, 5) is 14.8. The van der Waals surface area contributed by atoms with Crippen molar-refractivity contribution in [2.45, 2.75) is 57.9 Å². The minimum absolute atomic E-state index is 0. The molecule has 5 heteroatoms. The number of benzene rings is 1. The summed E-state index contributed by atoms with van der Waals surface area (Å²) in [6.45, 7) is 2.92. The molecule has 1 atom stereocenters. The van der Waals surface area contributed by atoms with Crippen molar-refractivity contribution in [3.05, 3.63) is 24.3 Å². The van der Waals surface area contributed by atoms with E-state index in [-0.39, 0.29) is 24.4 Å². The van der Waals surface area contributed by atoms with Crippen molar-refractivity contribution in [3.8, 4) is 5.75 Å². The van der Waals surface area contributed by atoms with Crippen molar-refractivity contribution in [1.82, 2.24) is 0 Å². The molecule has 0 radical (unpaired) electrons. The number of hydrogen-bond acceptors (Lipinski definition) is 3. The first-order valence-electron chi connectivity index (χ1n) is 8.83. The highest BCUT2D eigenvalue weighted by Crippen LogP contribution is 2.37. The molecule has 1 aliphatic carbocycles. The van der Waals surface area contributed by atoms with Crippen molar-refractivity contribution in [2.24, 2.45) is 11.7 Å². The molecule has 2 rings (SSSR count). The first kappa shape index (κ1) is 20.8. The van der Waals surface area contributed by atoms with E-state index in [1.165, 1.54) is 12.8 Å². The van der Waals surface area contributed by atoms with Gasteiger partial charge in [-0.25, -0.2) is 0 Å².